The van der Waals surface area contributed by atoms with Crippen LogP contribution >= 0.6 is 0 Å². The molecule has 1 aliphatic heterocycles. The van der Waals surface area contributed by atoms with Crippen LogP contribution in [0.3, 0.4) is 0 Å². The molecule has 3 heterocycles. The number of piperazine rings is 1. The minimum absolute atomic E-state index is 0.0253. The summed E-state index contributed by atoms with van der Waals surface area (Å²) in [6, 6.07) is 3.61. The summed E-state index contributed by atoms with van der Waals surface area (Å²) in [6.07, 6.45) is 11.1. The van der Waals surface area contributed by atoms with Gasteiger partial charge in [-0.15, -0.1) is 0 Å². The fraction of sp³-hybridized carbons (Fsp3) is 0.474. The van der Waals surface area contributed by atoms with Crippen LogP contribution in [0.1, 0.15) is 36.0 Å². The average molecular weight is 353 g/mol. The summed E-state index contributed by atoms with van der Waals surface area (Å²) in [5, 5.41) is 0. The fourth-order valence-corrected chi connectivity index (χ4v) is 3.80. The van der Waals surface area contributed by atoms with Crippen molar-refractivity contribution in [3.05, 3.63) is 42.6 Å². The second-order valence-corrected chi connectivity index (χ2v) is 6.97. The predicted octanol–water partition coefficient (Wildman–Crippen LogP) is 1.74. The number of rotatable bonds is 3. The summed E-state index contributed by atoms with van der Waals surface area (Å²) in [4.78, 5) is 37.3. The average Bonchev–Trinajstić information content (AvgIpc) is 3.41. The monoisotopic (exact) mass is 353 g/mol. The number of hydrogen-bond donors (Lipinski definition) is 0. The molecular weight excluding hydrogens is 330 g/mol. The highest BCUT2D eigenvalue weighted by molar-refractivity contribution is 5.94. The van der Waals surface area contributed by atoms with Crippen LogP contribution in [0.4, 0.5) is 0 Å². The third-order valence-corrected chi connectivity index (χ3v) is 5.35. The van der Waals surface area contributed by atoms with E-state index in [2.05, 4.69) is 9.97 Å². The van der Waals surface area contributed by atoms with E-state index in [9.17, 15) is 9.59 Å². The maximum Gasteiger partial charge on any atom is 0.255 e. The lowest BCUT2D eigenvalue weighted by Crippen LogP contribution is -2.51. The van der Waals surface area contributed by atoms with Gasteiger partial charge < -0.3 is 9.80 Å². The molecule has 0 spiro atoms. The summed E-state index contributed by atoms with van der Waals surface area (Å²) >= 11 is 0. The molecule has 136 valence electrons. The lowest BCUT2D eigenvalue weighted by atomic mass is 10.1. The zero-order valence-corrected chi connectivity index (χ0v) is 14.8. The zero-order valence-electron chi connectivity index (χ0n) is 14.8. The Bertz CT molecular complexity index is 758. The zero-order chi connectivity index (χ0) is 17.9. The maximum atomic E-state index is 12.7. The van der Waals surface area contributed by atoms with E-state index in [4.69, 9.17) is 0 Å². The highest BCUT2D eigenvalue weighted by Crippen LogP contribution is 2.27. The molecule has 1 aliphatic carbocycles. The molecule has 26 heavy (non-hydrogen) atoms. The van der Waals surface area contributed by atoms with E-state index < -0.39 is 0 Å². The fourth-order valence-electron chi connectivity index (χ4n) is 3.80. The van der Waals surface area contributed by atoms with E-state index in [1.807, 2.05) is 22.1 Å². The van der Waals surface area contributed by atoms with Gasteiger partial charge in [0.1, 0.15) is 12.1 Å². The molecule has 0 radical (unpaired) electrons. The maximum absolute atomic E-state index is 12.7. The van der Waals surface area contributed by atoms with Gasteiger partial charge in [0, 0.05) is 50.7 Å². The van der Waals surface area contributed by atoms with Crippen LogP contribution in [0.2, 0.25) is 0 Å². The molecule has 0 aromatic carbocycles. The van der Waals surface area contributed by atoms with Crippen LogP contribution in [-0.2, 0) is 4.79 Å². The summed E-state index contributed by atoms with van der Waals surface area (Å²) in [6.45, 7) is 2.42. The van der Waals surface area contributed by atoms with Gasteiger partial charge in [-0.2, -0.15) is 0 Å². The molecule has 0 bridgehead atoms. The van der Waals surface area contributed by atoms with Crippen LogP contribution in [-0.4, -0.2) is 62.3 Å². The van der Waals surface area contributed by atoms with E-state index in [1.165, 1.54) is 0 Å². The van der Waals surface area contributed by atoms with Crippen molar-refractivity contribution in [2.45, 2.75) is 25.7 Å². The molecule has 0 N–H and O–H groups in total. The van der Waals surface area contributed by atoms with Crippen LogP contribution in [0, 0.1) is 5.92 Å². The predicted molar refractivity (Wildman–Crippen MR) is 95.8 cm³/mol. The molecule has 2 fully saturated rings. The first-order valence-corrected chi connectivity index (χ1v) is 9.25. The standard InChI is InChI=1S/C19H23N5O2/c25-18(15-3-1-2-4-15)22-9-11-23(12-10-22)19(26)16-5-6-17(21-13-16)24-8-7-20-14-24/h5-8,13-15H,1-4,9-12H2. The molecule has 1 saturated heterocycles. The van der Waals surface area contributed by atoms with E-state index in [0.717, 1.165) is 31.5 Å². The first-order chi connectivity index (χ1) is 12.7. The Kier molecular flexibility index (Phi) is 4.69. The van der Waals surface area contributed by atoms with Crippen molar-refractivity contribution in [3.8, 4) is 5.82 Å². The van der Waals surface area contributed by atoms with Gasteiger partial charge in [-0.05, 0) is 25.0 Å². The normalized spacial score (nSPS) is 18.3. The Morgan fingerprint density at radius 2 is 1.73 bits per heavy atom. The van der Waals surface area contributed by atoms with Gasteiger partial charge in [0.2, 0.25) is 5.91 Å². The van der Waals surface area contributed by atoms with Crippen molar-refractivity contribution in [1.82, 2.24) is 24.3 Å². The number of aromatic nitrogens is 3. The van der Waals surface area contributed by atoms with Crippen molar-refractivity contribution >= 4 is 11.8 Å². The number of nitrogens with zero attached hydrogens (tertiary/aromatic N) is 5. The number of hydrogen-bond acceptors (Lipinski definition) is 4. The third kappa shape index (κ3) is 3.34. The first kappa shape index (κ1) is 16.8. The van der Waals surface area contributed by atoms with E-state index >= 15 is 0 Å². The van der Waals surface area contributed by atoms with Crippen molar-refractivity contribution in [2.24, 2.45) is 5.92 Å². The summed E-state index contributed by atoms with van der Waals surface area (Å²) in [5.41, 5.74) is 0.574. The number of carbonyl (C=O) groups is 2. The molecular formula is C19H23N5O2. The summed E-state index contributed by atoms with van der Waals surface area (Å²) < 4.78 is 1.79. The van der Waals surface area contributed by atoms with Gasteiger partial charge in [0.05, 0.1) is 5.56 Å². The Morgan fingerprint density at radius 3 is 2.35 bits per heavy atom. The Morgan fingerprint density at radius 1 is 1.00 bits per heavy atom. The lowest BCUT2D eigenvalue weighted by Gasteiger charge is -2.36. The molecule has 2 aromatic heterocycles. The SMILES string of the molecule is O=C(c1ccc(-n2ccnc2)nc1)N1CCN(C(=O)C2CCCC2)CC1. The van der Waals surface area contributed by atoms with Gasteiger partial charge in [-0.3, -0.25) is 14.2 Å². The second-order valence-electron chi connectivity index (χ2n) is 6.97. The van der Waals surface area contributed by atoms with Crippen molar-refractivity contribution in [3.63, 3.8) is 0 Å². The molecule has 7 heteroatoms. The van der Waals surface area contributed by atoms with Crippen LogP contribution in [0.15, 0.2) is 37.1 Å². The minimum atomic E-state index is -0.0253. The van der Waals surface area contributed by atoms with Gasteiger partial charge in [0.15, 0.2) is 0 Å². The van der Waals surface area contributed by atoms with Crippen molar-refractivity contribution in [2.75, 3.05) is 26.2 Å². The molecule has 2 aliphatic rings. The van der Waals surface area contributed by atoms with Crippen LogP contribution < -0.4 is 0 Å². The Hall–Kier alpha value is -2.70. The smallest absolute Gasteiger partial charge is 0.255 e. The number of imidazole rings is 1. The number of pyridine rings is 1. The summed E-state index contributed by atoms with van der Waals surface area (Å²) in [5.74, 6) is 1.19. The van der Waals surface area contributed by atoms with Gasteiger partial charge in [0.25, 0.3) is 5.91 Å². The third-order valence-electron chi connectivity index (χ3n) is 5.35. The van der Waals surface area contributed by atoms with Crippen LogP contribution in [0.5, 0.6) is 0 Å². The number of carbonyl (C=O) groups excluding carboxylic acids is 2. The van der Waals surface area contributed by atoms with E-state index in [1.54, 1.807) is 29.4 Å². The van der Waals surface area contributed by atoms with Crippen LogP contribution in [0.25, 0.3) is 5.82 Å². The van der Waals surface area contributed by atoms with Gasteiger partial charge >= 0.3 is 0 Å². The van der Waals surface area contributed by atoms with Gasteiger partial charge in [-0.1, -0.05) is 12.8 Å². The second kappa shape index (κ2) is 7.27. The molecule has 4 rings (SSSR count). The topological polar surface area (TPSA) is 71.3 Å². The quantitative estimate of drug-likeness (QED) is 0.843. The molecule has 2 aromatic rings. The van der Waals surface area contributed by atoms with Crippen molar-refractivity contribution < 1.29 is 9.59 Å². The molecule has 0 atom stereocenters. The molecule has 7 nitrogen and oxygen atoms in total. The molecule has 0 unspecified atom stereocenters. The molecule has 1 saturated carbocycles. The van der Waals surface area contributed by atoms with Crippen molar-refractivity contribution in [1.29, 1.82) is 0 Å². The van der Waals surface area contributed by atoms with E-state index in [0.29, 0.717) is 31.7 Å². The highest BCUT2D eigenvalue weighted by atomic mass is 16.2. The highest BCUT2D eigenvalue weighted by Gasteiger charge is 2.30. The first-order valence-electron chi connectivity index (χ1n) is 9.25. The Labute approximate surface area is 152 Å². The lowest BCUT2D eigenvalue weighted by molar-refractivity contribution is -0.136. The minimum Gasteiger partial charge on any atom is -0.339 e. The summed E-state index contributed by atoms with van der Waals surface area (Å²) in [7, 11) is 0. The number of amides is 2. The van der Waals surface area contributed by atoms with Gasteiger partial charge in [-0.25, -0.2) is 9.97 Å². The Balaban J connectivity index is 1.35. The largest absolute Gasteiger partial charge is 0.339 e. The molecule has 2 amide bonds. The van der Waals surface area contributed by atoms with E-state index in [-0.39, 0.29) is 17.7 Å².